The minimum Gasteiger partial charge on any atom is -0.444 e. The van der Waals surface area contributed by atoms with Crippen LogP contribution in [-0.4, -0.2) is 57.5 Å². The highest BCUT2D eigenvalue weighted by Gasteiger charge is 2.58. The molecule has 1 spiro atoms. The molecule has 1 N–H and O–H groups in total. The molecule has 4 heterocycles. The Balaban J connectivity index is 1.42. The van der Waals surface area contributed by atoms with Crippen molar-refractivity contribution in [2.45, 2.75) is 82.8 Å². The molecule has 3 aromatic rings. The fourth-order valence-electron chi connectivity index (χ4n) is 6.55. The lowest BCUT2D eigenvalue weighted by Crippen LogP contribution is -2.57. The topological polar surface area (TPSA) is 65.9 Å². The summed E-state index contributed by atoms with van der Waals surface area (Å²) in [6.45, 7) is 6.92. The van der Waals surface area contributed by atoms with E-state index in [1.54, 1.807) is 22.4 Å². The highest BCUT2D eigenvalue weighted by Crippen LogP contribution is 2.51. The molecule has 2 fully saturated rings. The van der Waals surface area contributed by atoms with Crippen LogP contribution in [0.2, 0.25) is 5.02 Å². The van der Waals surface area contributed by atoms with Gasteiger partial charge in [-0.05, 0) is 69.9 Å². The van der Waals surface area contributed by atoms with Crippen LogP contribution in [0.15, 0.2) is 30.5 Å². The number of hydrogen-bond acceptors (Lipinski definition) is 6. The summed E-state index contributed by atoms with van der Waals surface area (Å²) in [6.07, 6.45) is 3.90. The maximum absolute atomic E-state index is 14.3. The molecular weight excluding hydrogens is 525 g/mol. The molecule has 9 heteroatoms. The average molecular weight is 558 g/mol. The summed E-state index contributed by atoms with van der Waals surface area (Å²) in [5.74, 6) is 0. The van der Waals surface area contributed by atoms with Gasteiger partial charge < -0.3 is 19.6 Å². The van der Waals surface area contributed by atoms with Gasteiger partial charge in [-0.3, -0.25) is 4.98 Å². The molecule has 0 radical (unpaired) electrons. The van der Waals surface area contributed by atoms with E-state index in [1.165, 1.54) is 5.56 Å². The molecule has 6 rings (SSSR count). The van der Waals surface area contributed by atoms with Crippen LogP contribution in [0.25, 0.3) is 21.3 Å². The third-order valence-corrected chi connectivity index (χ3v) is 9.39. The lowest BCUT2D eigenvalue weighted by atomic mass is 9.72. The number of aliphatic hydroxyl groups excluding tert-OH is 1. The van der Waals surface area contributed by atoms with E-state index in [1.807, 2.05) is 39.0 Å². The number of aromatic nitrogens is 1. The molecule has 6 nitrogen and oxygen atoms in total. The standard InChI is InChI=1S/C29H33ClFN3O3S/c1-28(2,3)37-27(36)34-15-20(14-29(34)12-19(31)13-29)33-8-4-5-17-9-18(30)10-23(25(17)33)22-6-7-32-24-11-21(16-35)38-26(22)24/h6-7,9-11,19-20,35H,4-5,8,12-16H2,1-3H3/t19?,20-,29?/m0/s1. The minimum atomic E-state index is -0.883. The monoisotopic (exact) mass is 557 g/mol. The quantitative estimate of drug-likeness (QED) is 0.386. The summed E-state index contributed by atoms with van der Waals surface area (Å²) in [5.41, 5.74) is 4.13. The molecule has 1 saturated heterocycles. The van der Waals surface area contributed by atoms with Gasteiger partial charge in [0.2, 0.25) is 0 Å². The van der Waals surface area contributed by atoms with Crippen molar-refractivity contribution in [1.29, 1.82) is 0 Å². The van der Waals surface area contributed by atoms with Gasteiger partial charge in [0.05, 0.1) is 22.4 Å². The molecule has 1 atom stereocenters. The van der Waals surface area contributed by atoms with Crippen molar-refractivity contribution in [2.24, 2.45) is 0 Å². The molecule has 0 unspecified atom stereocenters. The number of amides is 1. The van der Waals surface area contributed by atoms with Crippen LogP contribution in [0.1, 0.15) is 56.9 Å². The first-order chi connectivity index (χ1) is 18.1. The molecule has 2 aromatic heterocycles. The zero-order valence-corrected chi connectivity index (χ0v) is 23.5. The van der Waals surface area contributed by atoms with E-state index in [0.717, 1.165) is 51.3 Å². The Bertz CT molecular complexity index is 1400. The summed E-state index contributed by atoms with van der Waals surface area (Å²) in [4.78, 5) is 22.9. The van der Waals surface area contributed by atoms with Crippen molar-refractivity contribution in [2.75, 3.05) is 18.0 Å². The van der Waals surface area contributed by atoms with Gasteiger partial charge in [-0.15, -0.1) is 11.3 Å². The average Bonchev–Trinajstić information content (AvgIpc) is 3.44. The number of carbonyl (C=O) groups is 1. The molecule has 3 aliphatic rings. The number of anilines is 1. The predicted molar refractivity (Wildman–Crippen MR) is 150 cm³/mol. The maximum atomic E-state index is 14.3. The normalized spacial score (nSPS) is 25.1. The first-order valence-electron chi connectivity index (χ1n) is 13.3. The molecule has 2 aliphatic heterocycles. The molecule has 1 saturated carbocycles. The Labute approximate surface area is 231 Å². The van der Waals surface area contributed by atoms with E-state index in [-0.39, 0.29) is 18.7 Å². The maximum Gasteiger partial charge on any atom is 0.410 e. The third-order valence-electron chi connectivity index (χ3n) is 8.03. The Morgan fingerprint density at radius 2 is 2.05 bits per heavy atom. The van der Waals surface area contributed by atoms with Gasteiger partial charge in [-0.1, -0.05) is 11.6 Å². The first-order valence-corrected chi connectivity index (χ1v) is 14.5. The van der Waals surface area contributed by atoms with Crippen molar-refractivity contribution in [3.63, 3.8) is 0 Å². The van der Waals surface area contributed by atoms with Gasteiger partial charge in [0.1, 0.15) is 11.8 Å². The fraction of sp³-hybridized carbons (Fsp3) is 0.517. The van der Waals surface area contributed by atoms with E-state index in [0.29, 0.717) is 30.8 Å². The number of nitrogens with zero attached hydrogens (tertiary/aromatic N) is 3. The number of aliphatic hydroxyl groups is 1. The molecule has 1 aliphatic carbocycles. The van der Waals surface area contributed by atoms with Gasteiger partial charge >= 0.3 is 6.09 Å². The van der Waals surface area contributed by atoms with Gasteiger partial charge in [0, 0.05) is 64.9 Å². The lowest BCUT2D eigenvalue weighted by molar-refractivity contribution is -0.0349. The van der Waals surface area contributed by atoms with Crippen LogP contribution in [0.3, 0.4) is 0 Å². The first kappa shape index (κ1) is 25.8. The summed E-state index contributed by atoms with van der Waals surface area (Å²) in [6, 6.07) is 8.06. The number of rotatable bonds is 3. The number of fused-ring (bicyclic) bond motifs is 2. The van der Waals surface area contributed by atoms with Crippen LogP contribution in [-0.2, 0) is 17.8 Å². The van der Waals surface area contributed by atoms with Crippen LogP contribution < -0.4 is 4.90 Å². The fourth-order valence-corrected chi connectivity index (χ4v) is 7.79. The molecule has 1 aromatic carbocycles. The van der Waals surface area contributed by atoms with Crippen LogP contribution >= 0.6 is 22.9 Å². The lowest BCUT2D eigenvalue weighted by Gasteiger charge is -2.47. The van der Waals surface area contributed by atoms with Gasteiger partial charge in [0.25, 0.3) is 0 Å². The van der Waals surface area contributed by atoms with Gasteiger partial charge in [-0.2, -0.15) is 0 Å². The Hall–Kier alpha value is -2.42. The number of carbonyl (C=O) groups excluding carboxylic acids is 1. The van der Waals surface area contributed by atoms with E-state index >= 15 is 0 Å². The number of aryl methyl sites for hydroxylation is 1. The molecular formula is C29H33ClFN3O3S. The van der Waals surface area contributed by atoms with E-state index in [2.05, 4.69) is 16.0 Å². The van der Waals surface area contributed by atoms with E-state index < -0.39 is 17.3 Å². The van der Waals surface area contributed by atoms with Crippen molar-refractivity contribution in [3.05, 3.63) is 45.9 Å². The minimum absolute atomic E-state index is 0.0273. The Morgan fingerprint density at radius 3 is 2.76 bits per heavy atom. The summed E-state index contributed by atoms with van der Waals surface area (Å²) in [5, 5.41) is 10.4. The van der Waals surface area contributed by atoms with Crippen molar-refractivity contribution < 1.29 is 19.0 Å². The summed E-state index contributed by atoms with van der Waals surface area (Å²) in [7, 11) is 0. The molecule has 1 amide bonds. The van der Waals surface area contributed by atoms with Gasteiger partial charge in [-0.25, -0.2) is 9.18 Å². The number of thiophene rings is 1. The van der Waals surface area contributed by atoms with E-state index in [9.17, 15) is 14.3 Å². The molecule has 38 heavy (non-hydrogen) atoms. The number of ether oxygens (including phenoxy) is 1. The Kier molecular flexibility index (Phi) is 6.36. The van der Waals surface area contributed by atoms with E-state index in [4.69, 9.17) is 16.3 Å². The zero-order chi connectivity index (χ0) is 26.8. The number of alkyl halides is 1. The van der Waals surface area contributed by atoms with Crippen molar-refractivity contribution >= 4 is 44.9 Å². The SMILES string of the molecule is CC(C)(C)OC(=O)N1C[C@@H](N2CCCc3cc(Cl)cc(-c4ccnc5cc(CO)sc45)c32)CC12CC(F)C2. The third kappa shape index (κ3) is 4.44. The van der Waals surface area contributed by atoms with Crippen molar-refractivity contribution in [1.82, 2.24) is 9.88 Å². The number of likely N-dealkylation sites (tertiary alicyclic amines) is 1. The van der Waals surface area contributed by atoms with Crippen LogP contribution in [0.5, 0.6) is 0 Å². The Morgan fingerprint density at radius 1 is 1.26 bits per heavy atom. The number of hydrogen-bond donors (Lipinski definition) is 1. The smallest absolute Gasteiger partial charge is 0.410 e. The van der Waals surface area contributed by atoms with Crippen molar-refractivity contribution in [3.8, 4) is 11.1 Å². The second kappa shape index (κ2) is 9.35. The number of benzene rings is 1. The largest absolute Gasteiger partial charge is 0.444 e. The van der Waals surface area contributed by atoms with Gasteiger partial charge in [0.15, 0.2) is 0 Å². The highest BCUT2D eigenvalue weighted by atomic mass is 35.5. The van der Waals surface area contributed by atoms with Crippen LogP contribution in [0.4, 0.5) is 14.9 Å². The second-order valence-corrected chi connectivity index (χ2v) is 13.5. The highest BCUT2D eigenvalue weighted by molar-refractivity contribution is 7.19. The predicted octanol–water partition coefficient (Wildman–Crippen LogP) is 6.74. The summed E-state index contributed by atoms with van der Waals surface area (Å²) < 4.78 is 21.1. The van der Waals surface area contributed by atoms with Crippen LogP contribution in [0, 0.1) is 0 Å². The zero-order valence-electron chi connectivity index (χ0n) is 22.0. The number of pyridine rings is 1. The summed E-state index contributed by atoms with van der Waals surface area (Å²) >= 11 is 8.21. The second-order valence-electron chi connectivity index (χ2n) is 11.9. The number of halogens is 2. The molecule has 0 bridgehead atoms. The molecule has 202 valence electrons.